The number of likely N-dealkylation sites (tertiary alicyclic amines) is 1. The molecular formula is C26H25BrN2O3. The van der Waals surface area contributed by atoms with Crippen LogP contribution in [0.1, 0.15) is 29.6 Å². The Morgan fingerprint density at radius 1 is 0.875 bits per heavy atom. The molecule has 0 radical (unpaired) electrons. The van der Waals surface area contributed by atoms with Crippen molar-refractivity contribution in [3.63, 3.8) is 0 Å². The van der Waals surface area contributed by atoms with Crippen LogP contribution in [0.2, 0.25) is 0 Å². The van der Waals surface area contributed by atoms with Gasteiger partial charge in [-0.1, -0.05) is 48.5 Å². The minimum atomic E-state index is -0.317. The smallest absolute Gasteiger partial charge is 0.262 e. The van der Waals surface area contributed by atoms with Crippen molar-refractivity contribution in [2.75, 3.05) is 25.0 Å². The average molecular weight is 493 g/mol. The standard InChI is InChI=1S/C26H25BrN2O3/c27-22-17-20(19-9-3-1-4-10-19)13-14-24(22)32-18-25(30)28-23-12-6-5-11-21(23)26(31)29-15-7-2-8-16-29/h1,3-6,9-14,17H,2,7-8,15-16,18H2,(H,28,30). The zero-order chi connectivity index (χ0) is 22.3. The Hall–Kier alpha value is -3.12. The lowest BCUT2D eigenvalue weighted by atomic mass is 10.1. The van der Waals surface area contributed by atoms with Crippen LogP contribution < -0.4 is 10.1 Å². The highest BCUT2D eigenvalue weighted by Crippen LogP contribution is 2.30. The van der Waals surface area contributed by atoms with Crippen LogP contribution in [0.25, 0.3) is 11.1 Å². The molecule has 3 aromatic rings. The summed E-state index contributed by atoms with van der Waals surface area (Å²) in [5.74, 6) is 0.223. The highest BCUT2D eigenvalue weighted by atomic mass is 79.9. The summed E-state index contributed by atoms with van der Waals surface area (Å²) in [6.45, 7) is 1.37. The van der Waals surface area contributed by atoms with Gasteiger partial charge in [0, 0.05) is 13.1 Å². The second kappa shape index (κ2) is 10.5. The first-order valence-corrected chi connectivity index (χ1v) is 11.6. The molecule has 0 unspecified atom stereocenters. The first kappa shape index (κ1) is 22.1. The topological polar surface area (TPSA) is 58.6 Å². The van der Waals surface area contributed by atoms with E-state index in [2.05, 4.69) is 21.2 Å². The molecule has 0 aromatic heterocycles. The van der Waals surface area contributed by atoms with Gasteiger partial charge < -0.3 is 15.0 Å². The van der Waals surface area contributed by atoms with Crippen LogP contribution in [-0.4, -0.2) is 36.4 Å². The van der Waals surface area contributed by atoms with Gasteiger partial charge in [-0.25, -0.2) is 0 Å². The van der Waals surface area contributed by atoms with Crippen molar-refractivity contribution in [1.82, 2.24) is 4.90 Å². The summed E-state index contributed by atoms with van der Waals surface area (Å²) in [5, 5.41) is 2.83. The lowest BCUT2D eigenvalue weighted by molar-refractivity contribution is -0.118. The summed E-state index contributed by atoms with van der Waals surface area (Å²) in [6.07, 6.45) is 3.19. The van der Waals surface area contributed by atoms with E-state index in [0.29, 0.717) is 17.0 Å². The Bertz CT molecular complexity index is 1100. The maximum absolute atomic E-state index is 12.9. The second-order valence-corrected chi connectivity index (χ2v) is 8.60. The molecule has 3 aromatic carbocycles. The number of benzene rings is 3. The number of carbonyl (C=O) groups excluding carboxylic acids is 2. The van der Waals surface area contributed by atoms with Gasteiger partial charge in [-0.2, -0.15) is 0 Å². The van der Waals surface area contributed by atoms with Gasteiger partial charge in [0.15, 0.2) is 6.61 Å². The highest BCUT2D eigenvalue weighted by Gasteiger charge is 2.21. The normalized spacial score (nSPS) is 13.5. The predicted molar refractivity (Wildman–Crippen MR) is 130 cm³/mol. The Balaban J connectivity index is 1.39. The van der Waals surface area contributed by atoms with Gasteiger partial charge in [-0.3, -0.25) is 9.59 Å². The van der Waals surface area contributed by atoms with E-state index in [1.807, 2.05) is 65.6 Å². The molecule has 0 spiro atoms. The molecule has 1 N–H and O–H groups in total. The second-order valence-electron chi connectivity index (χ2n) is 7.75. The molecule has 164 valence electrons. The zero-order valence-electron chi connectivity index (χ0n) is 17.7. The van der Waals surface area contributed by atoms with Gasteiger partial charge in [-0.05, 0) is 70.6 Å². The lowest BCUT2D eigenvalue weighted by Gasteiger charge is -2.27. The molecule has 32 heavy (non-hydrogen) atoms. The maximum Gasteiger partial charge on any atom is 0.262 e. The average Bonchev–Trinajstić information content (AvgIpc) is 2.84. The third-order valence-corrected chi connectivity index (χ3v) is 6.09. The molecule has 0 aliphatic carbocycles. The van der Waals surface area contributed by atoms with Crippen molar-refractivity contribution >= 4 is 33.4 Å². The SMILES string of the molecule is O=C(COc1ccc(-c2ccccc2)cc1Br)Nc1ccccc1C(=O)N1CCCCC1. The number of hydrogen-bond acceptors (Lipinski definition) is 3. The van der Waals surface area contributed by atoms with Crippen LogP contribution >= 0.6 is 15.9 Å². The quantitative estimate of drug-likeness (QED) is 0.475. The Labute approximate surface area is 196 Å². The van der Waals surface area contributed by atoms with Gasteiger partial charge in [0.05, 0.1) is 15.7 Å². The van der Waals surface area contributed by atoms with E-state index >= 15 is 0 Å². The van der Waals surface area contributed by atoms with Gasteiger partial charge >= 0.3 is 0 Å². The van der Waals surface area contributed by atoms with Crippen molar-refractivity contribution in [3.8, 4) is 16.9 Å². The minimum Gasteiger partial charge on any atom is -0.483 e. The van der Waals surface area contributed by atoms with E-state index in [9.17, 15) is 9.59 Å². The molecule has 1 aliphatic rings. The summed E-state index contributed by atoms with van der Waals surface area (Å²) >= 11 is 3.53. The number of para-hydroxylation sites is 1. The molecule has 6 heteroatoms. The van der Waals surface area contributed by atoms with E-state index in [0.717, 1.165) is 48.0 Å². The Kier molecular flexibility index (Phi) is 7.22. The number of halogens is 1. The van der Waals surface area contributed by atoms with E-state index < -0.39 is 0 Å². The van der Waals surface area contributed by atoms with E-state index in [1.165, 1.54) is 0 Å². The number of carbonyl (C=O) groups is 2. The number of nitrogens with one attached hydrogen (secondary N) is 1. The van der Waals surface area contributed by atoms with Crippen LogP contribution in [-0.2, 0) is 4.79 Å². The predicted octanol–water partition coefficient (Wildman–Crippen LogP) is 5.76. The number of hydrogen-bond donors (Lipinski definition) is 1. The molecule has 2 amide bonds. The molecule has 4 rings (SSSR count). The number of anilines is 1. The number of amides is 2. The lowest BCUT2D eigenvalue weighted by Crippen LogP contribution is -2.36. The van der Waals surface area contributed by atoms with E-state index in [4.69, 9.17) is 4.74 Å². The summed E-state index contributed by atoms with van der Waals surface area (Å²) in [4.78, 5) is 27.3. The fourth-order valence-electron chi connectivity index (χ4n) is 3.80. The molecule has 1 aliphatic heterocycles. The molecule has 5 nitrogen and oxygen atoms in total. The largest absolute Gasteiger partial charge is 0.483 e. The fourth-order valence-corrected chi connectivity index (χ4v) is 4.30. The van der Waals surface area contributed by atoms with Crippen molar-refractivity contribution in [2.24, 2.45) is 0 Å². The number of piperidine rings is 1. The van der Waals surface area contributed by atoms with Crippen LogP contribution in [0.5, 0.6) is 5.75 Å². The van der Waals surface area contributed by atoms with Crippen molar-refractivity contribution in [2.45, 2.75) is 19.3 Å². The highest BCUT2D eigenvalue weighted by molar-refractivity contribution is 9.10. The van der Waals surface area contributed by atoms with Gasteiger partial charge in [0.2, 0.25) is 0 Å². The third-order valence-electron chi connectivity index (χ3n) is 5.47. The van der Waals surface area contributed by atoms with Gasteiger partial charge in [0.25, 0.3) is 11.8 Å². The van der Waals surface area contributed by atoms with Crippen molar-refractivity contribution in [3.05, 3.63) is 82.8 Å². The molecule has 0 atom stereocenters. The number of rotatable bonds is 6. The summed E-state index contributed by atoms with van der Waals surface area (Å²) < 4.78 is 6.49. The first-order valence-electron chi connectivity index (χ1n) is 10.8. The molecule has 1 fully saturated rings. The maximum atomic E-state index is 12.9. The molecular weight excluding hydrogens is 468 g/mol. The molecule has 1 saturated heterocycles. The van der Waals surface area contributed by atoms with Crippen LogP contribution in [0.3, 0.4) is 0 Å². The fraction of sp³-hybridized carbons (Fsp3) is 0.231. The van der Waals surface area contributed by atoms with Gasteiger partial charge in [0.1, 0.15) is 5.75 Å². The summed E-state index contributed by atoms with van der Waals surface area (Å²) in [6, 6.07) is 22.9. The summed E-state index contributed by atoms with van der Waals surface area (Å²) in [7, 11) is 0. The van der Waals surface area contributed by atoms with Gasteiger partial charge in [-0.15, -0.1) is 0 Å². The van der Waals surface area contributed by atoms with Crippen LogP contribution in [0.4, 0.5) is 5.69 Å². The molecule has 1 heterocycles. The van der Waals surface area contributed by atoms with Crippen molar-refractivity contribution in [1.29, 1.82) is 0 Å². The Morgan fingerprint density at radius 3 is 2.34 bits per heavy atom. The minimum absolute atomic E-state index is 0.0410. The van der Waals surface area contributed by atoms with E-state index in [-0.39, 0.29) is 18.4 Å². The van der Waals surface area contributed by atoms with Crippen LogP contribution in [0.15, 0.2) is 77.3 Å². The van der Waals surface area contributed by atoms with E-state index in [1.54, 1.807) is 12.1 Å². The monoisotopic (exact) mass is 492 g/mol. The Morgan fingerprint density at radius 2 is 1.59 bits per heavy atom. The molecule has 0 bridgehead atoms. The summed E-state index contributed by atoms with van der Waals surface area (Å²) in [5.41, 5.74) is 3.18. The molecule has 0 saturated carbocycles. The number of ether oxygens (including phenoxy) is 1. The first-order chi connectivity index (χ1) is 15.6. The van der Waals surface area contributed by atoms with Crippen molar-refractivity contribution < 1.29 is 14.3 Å². The number of nitrogens with zero attached hydrogens (tertiary/aromatic N) is 1. The zero-order valence-corrected chi connectivity index (χ0v) is 19.3. The third kappa shape index (κ3) is 5.37. The van der Waals surface area contributed by atoms with Crippen LogP contribution in [0, 0.1) is 0 Å².